The summed E-state index contributed by atoms with van der Waals surface area (Å²) in [6.45, 7) is 11.2. The SMILES string of the molecule is CC(C)NC(=O)C(=O)N1CCN(C(=O)c2cnn(C(C)(C)C)c2)CC1. The highest BCUT2D eigenvalue weighted by Crippen LogP contribution is 2.15. The van der Waals surface area contributed by atoms with Gasteiger partial charge in [-0.15, -0.1) is 0 Å². The average molecular weight is 349 g/mol. The lowest BCUT2D eigenvalue weighted by molar-refractivity contribution is -0.147. The molecule has 1 aliphatic heterocycles. The Morgan fingerprint density at radius 2 is 1.64 bits per heavy atom. The zero-order chi connectivity index (χ0) is 18.8. The summed E-state index contributed by atoms with van der Waals surface area (Å²) < 4.78 is 1.76. The Bertz CT molecular complexity index is 651. The predicted molar refractivity (Wildman–Crippen MR) is 93.0 cm³/mol. The van der Waals surface area contributed by atoms with Crippen molar-refractivity contribution in [3.63, 3.8) is 0 Å². The molecule has 2 rings (SSSR count). The molecule has 1 aromatic heterocycles. The highest BCUT2D eigenvalue weighted by Gasteiger charge is 2.29. The van der Waals surface area contributed by atoms with Gasteiger partial charge in [-0.3, -0.25) is 19.1 Å². The quantitative estimate of drug-likeness (QED) is 0.785. The molecule has 25 heavy (non-hydrogen) atoms. The molecule has 0 spiro atoms. The smallest absolute Gasteiger partial charge is 0.312 e. The molecule has 1 aliphatic rings. The van der Waals surface area contributed by atoms with Crippen molar-refractivity contribution in [1.82, 2.24) is 24.9 Å². The zero-order valence-electron chi connectivity index (χ0n) is 15.6. The van der Waals surface area contributed by atoms with Crippen LogP contribution in [0, 0.1) is 0 Å². The third-order valence-electron chi connectivity index (χ3n) is 3.98. The summed E-state index contributed by atoms with van der Waals surface area (Å²) in [5.74, 6) is -1.24. The van der Waals surface area contributed by atoms with Gasteiger partial charge in [-0.1, -0.05) is 0 Å². The van der Waals surface area contributed by atoms with Crippen LogP contribution < -0.4 is 5.32 Å². The van der Waals surface area contributed by atoms with Crippen molar-refractivity contribution >= 4 is 17.7 Å². The standard InChI is InChI=1S/C17H27N5O3/c1-12(2)19-14(23)16(25)21-8-6-20(7-9-21)15(24)13-10-18-22(11-13)17(3,4)5/h10-12H,6-9H2,1-5H3,(H,19,23). The predicted octanol–water partition coefficient (Wildman–Crippen LogP) is 0.447. The number of piperazine rings is 1. The Balaban J connectivity index is 1.93. The van der Waals surface area contributed by atoms with Gasteiger partial charge >= 0.3 is 11.8 Å². The van der Waals surface area contributed by atoms with Crippen molar-refractivity contribution in [2.75, 3.05) is 26.2 Å². The average Bonchev–Trinajstić information content (AvgIpc) is 3.03. The third kappa shape index (κ3) is 4.58. The zero-order valence-corrected chi connectivity index (χ0v) is 15.6. The molecule has 0 saturated carbocycles. The largest absolute Gasteiger partial charge is 0.346 e. The summed E-state index contributed by atoms with van der Waals surface area (Å²) >= 11 is 0. The fourth-order valence-corrected chi connectivity index (χ4v) is 2.56. The molecule has 0 atom stereocenters. The normalized spacial score (nSPS) is 15.4. The Labute approximate surface area is 148 Å². The van der Waals surface area contributed by atoms with E-state index >= 15 is 0 Å². The van der Waals surface area contributed by atoms with E-state index in [0.717, 1.165) is 0 Å². The second-order valence-electron chi connectivity index (χ2n) is 7.56. The molecule has 3 amide bonds. The molecule has 1 fully saturated rings. The maximum absolute atomic E-state index is 12.6. The number of carbonyl (C=O) groups excluding carboxylic acids is 3. The van der Waals surface area contributed by atoms with Crippen molar-refractivity contribution in [2.45, 2.75) is 46.2 Å². The van der Waals surface area contributed by atoms with Crippen molar-refractivity contribution < 1.29 is 14.4 Å². The Kier molecular flexibility index (Phi) is 5.49. The minimum Gasteiger partial charge on any atom is -0.346 e. The van der Waals surface area contributed by atoms with Crippen LogP contribution in [0.1, 0.15) is 45.0 Å². The Morgan fingerprint density at radius 3 is 2.12 bits per heavy atom. The summed E-state index contributed by atoms with van der Waals surface area (Å²) in [6.07, 6.45) is 3.32. The van der Waals surface area contributed by atoms with Crippen LogP contribution in [0.15, 0.2) is 12.4 Å². The minimum atomic E-state index is -0.596. The summed E-state index contributed by atoms with van der Waals surface area (Å²) in [5.41, 5.74) is 0.347. The first kappa shape index (κ1) is 19.0. The summed E-state index contributed by atoms with van der Waals surface area (Å²) in [4.78, 5) is 39.6. The van der Waals surface area contributed by atoms with Crippen molar-refractivity contribution in [3.05, 3.63) is 18.0 Å². The van der Waals surface area contributed by atoms with Crippen LogP contribution in [0.3, 0.4) is 0 Å². The van der Waals surface area contributed by atoms with E-state index in [1.807, 2.05) is 20.8 Å². The fourth-order valence-electron chi connectivity index (χ4n) is 2.56. The molecule has 8 heteroatoms. The number of nitrogens with zero attached hydrogens (tertiary/aromatic N) is 4. The molecule has 1 saturated heterocycles. The number of carbonyl (C=O) groups is 3. The van der Waals surface area contributed by atoms with E-state index in [1.165, 1.54) is 4.90 Å². The summed E-state index contributed by atoms with van der Waals surface area (Å²) in [5, 5.41) is 6.84. The first-order valence-corrected chi connectivity index (χ1v) is 8.54. The van der Waals surface area contributed by atoms with Crippen LogP contribution in [0.5, 0.6) is 0 Å². The van der Waals surface area contributed by atoms with Gasteiger partial charge in [0.2, 0.25) is 0 Å². The Hall–Kier alpha value is -2.38. The molecule has 0 aromatic carbocycles. The van der Waals surface area contributed by atoms with Gasteiger partial charge in [0.05, 0.1) is 17.3 Å². The van der Waals surface area contributed by atoms with E-state index in [0.29, 0.717) is 31.7 Å². The molecule has 0 bridgehead atoms. The van der Waals surface area contributed by atoms with Crippen molar-refractivity contribution in [2.24, 2.45) is 0 Å². The second kappa shape index (κ2) is 7.25. The van der Waals surface area contributed by atoms with Gasteiger partial charge < -0.3 is 15.1 Å². The van der Waals surface area contributed by atoms with Gasteiger partial charge in [0.25, 0.3) is 5.91 Å². The van der Waals surface area contributed by atoms with E-state index in [2.05, 4.69) is 10.4 Å². The van der Waals surface area contributed by atoms with Gasteiger partial charge in [-0.25, -0.2) is 0 Å². The molecule has 0 radical (unpaired) electrons. The lowest BCUT2D eigenvalue weighted by Crippen LogP contribution is -2.54. The van der Waals surface area contributed by atoms with Crippen molar-refractivity contribution in [1.29, 1.82) is 0 Å². The lowest BCUT2D eigenvalue weighted by atomic mass is 10.1. The molecule has 2 heterocycles. The van der Waals surface area contributed by atoms with Crippen LogP contribution >= 0.6 is 0 Å². The monoisotopic (exact) mass is 349 g/mol. The first-order valence-electron chi connectivity index (χ1n) is 8.54. The van der Waals surface area contributed by atoms with Gasteiger partial charge in [0, 0.05) is 38.4 Å². The molecule has 8 nitrogen and oxygen atoms in total. The maximum Gasteiger partial charge on any atom is 0.312 e. The van der Waals surface area contributed by atoms with Crippen LogP contribution in [-0.2, 0) is 15.1 Å². The van der Waals surface area contributed by atoms with Crippen LogP contribution in [0.4, 0.5) is 0 Å². The number of aromatic nitrogens is 2. The second-order valence-corrected chi connectivity index (χ2v) is 7.56. The number of hydrogen-bond acceptors (Lipinski definition) is 4. The molecule has 1 N–H and O–H groups in total. The van der Waals surface area contributed by atoms with Crippen LogP contribution in [0.2, 0.25) is 0 Å². The molecular weight excluding hydrogens is 322 g/mol. The van der Waals surface area contributed by atoms with Gasteiger partial charge in [0.15, 0.2) is 0 Å². The van der Waals surface area contributed by atoms with Gasteiger partial charge in [0.1, 0.15) is 0 Å². The summed E-state index contributed by atoms with van der Waals surface area (Å²) in [6, 6.07) is -0.0846. The lowest BCUT2D eigenvalue weighted by Gasteiger charge is -2.34. The molecule has 0 aliphatic carbocycles. The molecule has 0 unspecified atom stereocenters. The van der Waals surface area contributed by atoms with E-state index in [-0.39, 0.29) is 17.5 Å². The highest BCUT2D eigenvalue weighted by molar-refractivity contribution is 6.35. The number of nitrogens with one attached hydrogen (secondary N) is 1. The van der Waals surface area contributed by atoms with E-state index in [4.69, 9.17) is 0 Å². The fraction of sp³-hybridized carbons (Fsp3) is 0.647. The van der Waals surface area contributed by atoms with Gasteiger partial charge in [-0.05, 0) is 34.6 Å². The van der Waals surface area contributed by atoms with E-state index in [1.54, 1.807) is 35.8 Å². The first-order chi connectivity index (χ1) is 11.6. The van der Waals surface area contributed by atoms with E-state index in [9.17, 15) is 14.4 Å². The molecule has 138 valence electrons. The minimum absolute atomic E-state index is 0.0846. The van der Waals surface area contributed by atoms with Gasteiger partial charge in [-0.2, -0.15) is 5.10 Å². The van der Waals surface area contributed by atoms with Crippen LogP contribution in [-0.4, -0.2) is 69.5 Å². The molecule has 1 aromatic rings. The summed E-state index contributed by atoms with van der Waals surface area (Å²) in [7, 11) is 0. The Morgan fingerprint density at radius 1 is 1.08 bits per heavy atom. The third-order valence-corrected chi connectivity index (χ3v) is 3.98. The van der Waals surface area contributed by atoms with Crippen LogP contribution in [0.25, 0.3) is 0 Å². The number of amides is 3. The number of rotatable bonds is 2. The van der Waals surface area contributed by atoms with Crippen molar-refractivity contribution in [3.8, 4) is 0 Å². The molecular formula is C17H27N5O3. The highest BCUT2D eigenvalue weighted by atomic mass is 16.2. The number of hydrogen-bond donors (Lipinski definition) is 1. The maximum atomic E-state index is 12.6. The topological polar surface area (TPSA) is 87.5 Å². The van der Waals surface area contributed by atoms with E-state index < -0.39 is 11.8 Å².